The van der Waals surface area contributed by atoms with Crippen LogP contribution in [0.1, 0.15) is 31.2 Å². The summed E-state index contributed by atoms with van der Waals surface area (Å²) in [6, 6.07) is 2.96. The summed E-state index contributed by atoms with van der Waals surface area (Å²) < 4.78 is 77.6. The van der Waals surface area contributed by atoms with Crippen molar-refractivity contribution < 1.29 is 26.0 Å². The third-order valence-corrected chi connectivity index (χ3v) is 6.39. The highest BCUT2D eigenvalue weighted by Crippen LogP contribution is 2.41. The molecule has 1 N–H and O–H groups in total. The summed E-state index contributed by atoms with van der Waals surface area (Å²) in [6.45, 7) is 0. The van der Waals surface area contributed by atoms with E-state index in [-0.39, 0.29) is 31.7 Å². The van der Waals surface area contributed by atoms with E-state index in [0.29, 0.717) is 6.07 Å². The Balaban J connectivity index is 2.35. The number of sulfone groups is 1. The fraction of sp³-hybridized carbons (Fsp3) is 0.538. The smallest absolute Gasteiger partial charge is 0.230 e. The summed E-state index contributed by atoms with van der Waals surface area (Å²) in [7, 11) is -4.51. The van der Waals surface area contributed by atoms with Crippen LogP contribution in [-0.4, -0.2) is 19.5 Å². The highest BCUT2D eigenvalue weighted by Gasteiger charge is 2.48. The van der Waals surface area contributed by atoms with Crippen LogP contribution < -0.4 is 4.84 Å². The van der Waals surface area contributed by atoms with E-state index >= 15 is 0 Å². The molecule has 0 amide bonds. The molecule has 1 fully saturated rings. The molecule has 0 atom stereocenters. The van der Waals surface area contributed by atoms with E-state index in [0.717, 1.165) is 18.2 Å². The largest absolute Gasteiger partial charge is 0.416 e. The van der Waals surface area contributed by atoms with Crippen LogP contribution in [-0.2, 0) is 16.0 Å². The van der Waals surface area contributed by atoms with Crippen molar-refractivity contribution in [3.8, 4) is 0 Å². The first-order valence-corrected chi connectivity index (χ1v) is 8.43. The molecular formula is C13H14ClF4NO2S. The molecule has 0 radical (unpaired) electrons. The average Bonchev–Trinajstić information content (AvgIpc) is 2.47. The van der Waals surface area contributed by atoms with Crippen LogP contribution in [0.25, 0.3) is 0 Å². The second kappa shape index (κ2) is 5.98. The normalized spacial score (nSPS) is 26.9. The maximum absolute atomic E-state index is 14.8. The minimum absolute atomic E-state index is 0.193. The fourth-order valence-corrected chi connectivity index (χ4v) is 4.43. The molecule has 0 spiro atoms. The van der Waals surface area contributed by atoms with Crippen molar-refractivity contribution in [2.45, 2.75) is 47.8 Å². The first kappa shape index (κ1) is 17.5. The van der Waals surface area contributed by atoms with Gasteiger partial charge in [-0.2, -0.15) is 13.2 Å². The van der Waals surface area contributed by atoms with E-state index < -0.39 is 31.5 Å². The molecule has 0 heterocycles. The topological polar surface area (TPSA) is 46.2 Å². The quantitative estimate of drug-likeness (QED) is 0.659. The lowest BCUT2D eigenvalue weighted by Gasteiger charge is -2.32. The second-order valence-corrected chi connectivity index (χ2v) is 7.72. The Hall–Kier alpha value is -0.860. The lowest BCUT2D eigenvalue weighted by Crippen LogP contribution is -2.41. The molecule has 22 heavy (non-hydrogen) atoms. The number of alkyl halides is 4. The van der Waals surface area contributed by atoms with Crippen molar-refractivity contribution >= 4 is 21.6 Å². The number of nitrogens with one attached hydrogen (secondary N) is 1. The lowest BCUT2D eigenvalue weighted by atomic mass is 9.94. The zero-order valence-electron chi connectivity index (χ0n) is 11.3. The Labute approximate surface area is 130 Å². The van der Waals surface area contributed by atoms with Gasteiger partial charge in [0.15, 0.2) is 0 Å². The maximum atomic E-state index is 14.8. The maximum Gasteiger partial charge on any atom is 0.416 e. The summed E-state index contributed by atoms with van der Waals surface area (Å²) in [4.78, 5) is 1.77. The number of rotatable bonds is 3. The Morgan fingerprint density at radius 1 is 1.23 bits per heavy atom. The predicted octanol–water partition coefficient (Wildman–Crippen LogP) is 3.83. The van der Waals surface area contributed by atoms with Gasteiger partial charge < -0.3 is 0 Å². The van der Waals surface area contributed by atoms with Gasteiger partial charge in [0, 0.05) is 6.04 Å². The second-order valence-electron chi connectivity index (χ2n) is 5.30. The number of halogens is 5. The van der Waals surface area contributed by atoms with Crippen molar-refractivity contribution in [1.29, 1.82) is 0 Å². The van der Waals surface area contributed by atoms with Crippen LogP contribution in [0.3, 0.4) is 0 Å². The zero-order chi connectivity index (χ0) is 16.6. The molecule has 2 rings (SSSR count). The molecule has 0 unspecified atom stereocenters. The van der Waals surface area contributed by atoms with Crippen molar-refractivity contribution in [1.82, 2.24) is 4.84 Å². The van der Waals surface area contributed by atoms with Crippen LogP contribution in [0.5, 0.6) is 0 Å². The molecule has 1 aliphatic carbocycles. The summed E-state index contributed by atoms with van der Waals surface area (Å²) in [5, 5.41) is -2.57. The summed E-state index contributed by atoms with van der Waals surface area (Å²) in [5.74, 6) is 0. The van der Waals surface area contributed by atoms with Gasteiger partial charge in [-0.05, 0) is 55.7 Å². The third-order valence-electron chi connectivity index (χ3n) is 3.84. The van der Waals surface area contributed by atoms with Gasteiger partial charge >= 0.3 is 6.18 Å². The van der Waals surface area contributed by atoms with Crippen molar-refractivity contribution in [3.05, 3.63) is 29.8 Å². The Morgan fingerprint density at radius 2 is 1.82 bits per heavy atom. The zero-order valence-corrected chi connectivity index (χ0v) is 12.9. The van der Waals surface area contributed by atoms with Gasteiger partial charge in [-0.3, -0.25) is 0 Å². The molecule has 9 heteroatoms. The summed E-state index contributed by atoms with van der Waals surface area (Å²) in [5.41, 5.74) is -1.12. The fourth-order valence-electron chi connectivity index (χ4n) is 2.48. The summed E-state index contributed by atoms with van der Waals surface area (Å²) in [6.07, 6.45) is -4.92. The van der Waals surface area contributed by atoms with Gasteiger partial charge in [0.1, 0.15) is 0 Å². The molecule has 3 nitrogen and oxygen atoms in total. The predicted molar refractivity (Wildman–Crippen MR) is 73.7 cm³/mol. The molecule has 1 saturated carbocycles. The van der Waals surface area contributed by atoms with E-state index in [9.17, 15) is 26.0 Å². The summed E-state index contributed by atoms with van der Waals surface area (Å²) >= 11 is 5.43. The highest BCUT2D eigenvalue weighted by atomic mass is 35.5. The van der Waals surface area contributed by atoms with E-state index in [1.165, 1.54) is 0 Å². The molecule has 1 aliphatic rings. The van der Waals surface area contributed by atoms with Gasteiger partial charge in [0.25, 0.3) is 0 Å². The minimum atomic E-state index is -4.69. The molecule has 0 bridgehead atoms. The Kier molecular flexibility index (Phi) is 4.75. The van der Waals surface area contributed by atoms with E-state index in [1.807, 2.05) is 0 Å². The van der Waals surface area contributed by atoms with Crippen LogP contribution in [0.2, 0.25) is 0 Å². The average molecular weight is 360 g/mol. The van der Waals surface area contributed by atoms with E-state index in [1.54, 1.807) is 0 Å². The minimum Gasteiger partial charge on any atom is -0.230 e. The molecule has 0 aliphatic heterocycles. The van der Waals surface area contributed by atoms with Crippen LogP contribution >= 0.6 is 11.8 Å². The highest BCUT2D eigenvalue weighted by molar-refractivity contribution is 7.92. The Bertz CT molecular complexity index is 640. The molecule has 1 aromatic rings. The molecular weight excluding hydrogens is 346 g/mol. The number of hydrogen-bond donors (Lipinski definition) is 1. The third kappa shape index (κ3) is 3.23. The molecule has 124 valence electrons. The number of benzene rings is 1. The van der Waals surface area contributed by atoms with Crippen molar-refractivity contribution in [3.63, 3.8) is 0 Å². The first-order valence-electron chi connectivity index (χ1n) is 6.57. The molecule has 0 aromatic heterocycles. The van der Waals surface area contributed by atoms with Crippen LogP contribution in [0, 0.1) is 0 Å². The van der Waals surface area contributed by atoms with Crippen LogP contribution in [0.4, 0.5) is 17.6 Å². The van der Waals surface area contributed by atoms with Gasteiger partial charge in [-0.25, -0.2) is 17.6 Å². The monoisotopic (exact) mass is 359 g/mol. The number of hydrogen-bond acceptors (Lipinski definition) is 3. The van der Waals surface area contributed by atoms with E-state index in [4.69, 9.17) is 11.8 Å². The van der Waals surface area contributed by atoms with Crippen molar-refractivity contribution in [2.24, 2.45) is 0 Å². The van der Waals surface area contributed by atoms with E-state index in [2.05, 4.69) is 4.84 Å². The van der Waals surface area contributed by atoms with Crippen LogP contribution in [0.15, 0.2) is 29.2 Å². The van der Waals surface area contributed by atoms with Gasteiger partial charge in [0.2, 0.25) is 14.8 Å². The van der Waals surface area contributed by atoms with Gasteiger partial charge in [-0.1, -0.05) is 6.07 Å². The van der Waals surface area contributed by atoms with Crippen molar-refractivity contribution in [2.75, 3.05) is 0 Å². The molecule has 0 saturated heterocycles. The Morgan fingerprint density at radius 3 is 2.32 bits per heavy atom. The standard InChI is InChI=1S/C13H14ClF4NO2S/c14-19-10-4-6-12(15,7-5-10)22(20,21)11-3-1-2-9(8-11)13(16,17)18/h1-3,8,10,19H,4-7H2/t10-,12+. The van der Waals surface area contributed by atoms with Gasteiger partial charge in [0.05, 0.1) is 10.5 Å². The van der Waals surface area contributed by atoms with Gasteiger partial charge in [-0.15, -0.1) is 0 Å². The first-order chi connectivity index (χ1) is 10.1. The molecule has 1 aromatic carbocycles. The SMILES string of the molecule is O=S(=O)(c1cccc(C(F)(F)F)c1)[C@]1(F)CC[C@H](NCl)CC1. The lowest BCUT2D eigenvalue weighted by molar-refractivity contribution is -0.137.